The molecule has 0 bridgehead atoms. The Kier molecular flexibility index (Phi) is 2.63. The van der Waals surface area contributed by atoms with Crippen molar-refractivity contribution in [1.29, 1.82) is 0 Å². The van der Waals surface area contributed by atoms with Crippen LogP contribution in [-0.4, -0.2) is 14.6 Å². The lowest BCUT2D eigenvalue weighted by Crippen LogP contribution is -2.15. The second kappa shape index (κ2) is 4.34. The van der Waals surface area contributed by atoms with E-state index in [0.717, 1.165) is 0 Å². The summed E-state index contributed by atoms with van der Waals surface area (Å²) in [4.78, 5) is 22.1. The normalized spacial score (nSPS) is 11.1. The lowest BCUT2D eigenvalue weighted by Gasteiger charge is -1.98. The Morgan fingerprint density at radius 3 is 2.85 bits per heavy atom. The van der Waals surface area contributed by atoms with Gasteiger partial charge in [0.15, 0.2) is 5.58 Å². The molecule has 0 aliphatic carbocycles. The molecule has 0 atom stereocenters. The Morgan fingerprint density at radius 2 is 2.20 bits per heavy atom. The average molecular weight is 275 g/mol. The molecular formula is C12H9N3O5. The molecule has 3 aromatic rings. The summed E-state index contributed by atoms with van der Waals surface area (Å²) in [5, 5.41) is 14.6. The maximum Gasteiger partial charge on any atom is 0.420 e. The van der Waals surface area contributed by atoms with Gasteiger partial charge < -0.3 is 8.94 Å². The zero-order chi connectivity index (χ0) is 14.3. The van der Waals surface area contributed by atoms with Gasteiger partial charge in [-0.2, -0.15) is 0 Å². The van der Waals surface area contributed by atoms with Crippen LogP contribution >= 0.6 is 0 Å². The van der Waals surface area contributed by atoms with Gasteiger partial charge in [0.1, 0.15) is 11.5 Å². The van der Waals surface area contributed by atoms with Crippen molar-refractivity contribution in [1.82, 2.24) is 9.72 Å². The quantitative estimate of drug-likeness (QED) is 0.533. The predicted octanol–water partition coefficient (Wildman–Crippen LogP) is 1.85. The average Bonchev–Trinajstić information content (AvgIpc) is 2.94. The van der Waals surface area contributed by atoms with Crippen LogP contribution < -0.4 is 5.76 Å². The highest BCUT2D eigenvalue weighted by atomic mass is 16.6. The highest BCUT2D eigenvalue weighted by Gasteiger charge is 2.15. The third-order valence-corrected chi connectivity index (χ3v) is 2.86. The Balaban J connectivity index is 2.13. The van der Waals surface area contributed by atoms with Crippen LogP contribution in [0.4, 0.5) is 5.69 Å². The van der Waals surface area contributed by atoms with Crippen LogP contribution in [0, 0.1) is 17.0 Å². The molecule has 0 N–H and O–H groups in total. The summed E-state index contributed by atoms with van der Waals surface area (Å²) in [6, 6.07) is 5.67. The molecule has 0 unspecified atom stereocenters. The zero-order valence-electron chi connectivity index (χ0n) is 10.4. The van der Waals surface area contributed by atoms with E-state index in [1.165, 1.54) is 22.8 Å². The molecule has 0 fully saturated rings. The Morgan fingerprint density at radius 1 is 1.40 bits per heavy atom. The molecule has 3 rings (SSSR count). The first-order valence-corrected chi connectivity index (χ1v) is 5.74. The molecular weight excluding hydrogens is 266 g/mol. The molecule has 0 spiro atoms. The van der Waals surface area contributed by atoms with E-state index < -0.39 is 10.7 Å². The van der Waals surface area contributed by atoms with Crippen molar-refractivity contribution in [2.45, 2.75) is 13.5 Å². The smallest absolute Gasteiger partial charge is 0.408 e. The van der Waals surface area contributed by atoms with Crippen LogP contribution in [0.2, 0.25) is 0 Å². The number of nitro benzene ring substituents is 1. The third kappa shape index (κ3) is 1.96. The summed E-state index contributed by atoms with van der Waals surface area (Å²) in [7, 11) is 0. The number of aryl methyl sites for hydroxylation is 1. The topological polar surface area (TPSA) is 104 Å². The van der Waals surface area contributed by atoms with Crippen LogP contribution in [-0.2, 0) is 6.54 Å². The fourth-order valence-corrected chi connectivity index (χ4v) is 1.97. The van der Waals surface area contributed by atoms with Gasteiger partial charge in [-0.1, -0.05) is 5.16 Å². The van der Waals surface area contributed by atoms with E-state index in [1.807, 2.05) is 0 Å². The molecule has 0 radical (unpaired) electrons. The van der Waals surface area contributed by atoms with Crippen LogP contribution in [0.15, 0.2) is 38.0 Å². The Labute approximate surface area is 111 Å². The standard InChI is InChI=1S/C12H9N3O5/c1-7-4-8(13-20-7)6-14-10-5-9(15(17)18)2-3-11(10)19-12(14)16/h2-5H,6H2,1H3. The summed E-state index contributed by atoms with van der Waals surface area (Å²) in [5.41, 5.74) is 1.08. The molecule has 0 saturated heterocycles. The van der Waals surface area contributed by atoms with Crippen molar-refractivity contribution >= 4 is 16.8 Å². The van der Waals surface area contributed by atoms with Gasteiger partial charge in [0.2, 0.25) is 0 Å². The van der Waals surface area contributed by atoms with Crippen LogP contribution in [0.5, 0.6) is 0 Å². The molecule has 2 heterocycles. The first kappa shape index (κ1) is 12.2. The van der Waals surface area contributed by atoms with E-state index in [0.29, 0.717) is 22.6 Å². The predicted molar refractivity (Wildman–Crippen MR) is 67.5 cm³/mol. The Hall–Kier alpha value is -2.90. The molecule has 8 heteroatoms. The van der Waals surface area contributed by atoms with Gasteiger partial charge in [-0.25, -0.2) is 4.79 Å². The summed E-state index contributed by atoms with van der Waals surface area (Å²) < 4.78 is 11.2. The highest BCUT2D eigenvalue weighted by molar-refractivity contribution is 5.76. The summed E-state index contributed by atoms with van der Waals surface area (Å²) >= 11 is 0. The van der Waals surface area contributed by atoms with Gasteiger partial charge in [-0.15, -0.1) is 0 Å². The molecule has 0 aliphatic heterocycles. The van der Waals surface area contributed by atoms with Gasteiger partial charge in [0, 0.05) is 18.2 Å². The van der Waals surface area contributed by atoms with E-state index in [-0.39, 0.29) is 12.2 Å². The van der Waals surface area contributed by atoms with E-state index in [4.69, 9.17) is 8.94 Å². The second-order valence-electron chi connectivity index (χ2n) is 4.29. The number of hydrogen-bond donors (Lipinski definition) is 0. The molecule has 0 saturated carbocycles. The monoisotopic (exact) mass is 275 g/mol. The van der Waals surface area contributed by atoms with Gasteiger partial charge in [-0.3, -0.25) is 14.7 Å². The van der Waals surface area contributed by atoms with Crippen LogP contribution in [0.25, 0.3) is 11.1 Å². The molecule has 0 aliphatic rings. The van der Waals surface area contributed by atoms with Crippen molar-refractivity contribution in [2.75, 3.05) is 0 Å². The summed E-state index contributed by atoms with van der Waals surface area (Å²) in [5.74, 6) is 0.0213. The number of fused-ring (bicyclic) bond motifs is 1. The minimum atomic E-state index is -0.596. The van der Waals surface area contributed by atoms with Crippen molar-refractivity contribution in [2.24, 2.45) is 0 Å². The maximum atomic E-state index is 11.8. The van der Waals surface area contributed by atoms with E-state index >= 15 is 0 Å². The lowest BCUT2D eigenvalue weighted by molar-refractivity contribution is -0.384. The summed E-state index contributed by atoms with van der Waals surface area (Å²) in [6.45, 7) is 1.86. The number of non-ortho nitro benzene ring substituents is 1. The molecule has 1 aromatic carbocycles. The molecule has 2 aromatic heterocycles. The van der Waals surface area contributed by atoms with Gasteiger partial charge in [0.25, 0.3) is 5.69 Å². The molecule has 8 nitrogen and oxygen atoms in total. The van der Waals surface area contributed by atoms with Gasteiger partial charge >= 0.3 is 5.76 Å². The fraction of sp³-hybridized carbons (Fsp3) is 0.167. The number of nitro groups is 1. The number of hydrogen-bond acceptors (Lipinski definition) is 6. The maximum absolute atomic E-state index is 11.8. The SMILES string of the molecule is Cc1cc(Cn2c(=O)oc3ccc([N+](=O)[O-])cc32)no1. The third-order valence-electron chi connectivity index (χ3n) is 2.86. The van der Waals surface area contributed by atoms with Gasteiger partial charge in [-0.05, 0) is 13.0 Å². The van der Waals surface area contributed by atoms with Crippen molar-refractivity contribution in [3.8, 4) is 0 Å². The highest BCUT2D eigenvalue weighted by Crippen LogP contribution is 2.20. The number of rotatable bonds is 3. The van der Waals surface area contributed by atoms with Gasteiger partial charge in [0.05, 0.1) is 17.0 Å². The number of aromatic nitrogens is 2. The minimum Gasteiger partial charge on any atom is -0.408 e. The first-order valence-electron chi connectivity index (χ1n) is 5.74. The van der Waals surface area contributed by atoms with Crippen molar-refractivity contribution in [3.05, 3.63) is 56.4 Å². The first-order chi connectivity index (χ1) is 9.54. The minimum absolute atomic E-state index is 0.108. The Bertz CT molecular complexity index is 857. The zero-order valence-corrected chi connectivity index (χ0v) is 10.4. The fourth-order valence-electron chi connectivity index (χ4n) is 1.97. The van der Waals surface area contributed by atoms with Crippen molar-refractivity contribution in [3.63, 3.8) is 0 Å². The van der Waals surface area contributed by atoms with Crippen molar-refractivity contribution < 1.29 is 13.9 Å². The summed E-state index contributed by atoms with van der Waals surface area (Å²) in [6.07, 6.45) is 0. The largest absolute Gasteiger partial charge is 0.420 e. The van der Waals surface area contributed by atoms with E-state index in [9.17, 15) is 14.9 Å². The molecule has 20 heavy (non-hydrogen) atoms. The number of nitrogens with zero attached hydrogens (tertiary/aromatic N) is 3. The number of oxazole rings is 1. The van der Waals surface area contributed by atoms with E-state index in [1.54, 1.807) is 13.0 Å². The van der Waals surface area contributed by atoms with E-state index in [2.05, 4.69) is 5.16 Å². The van der Waals surface area contributed by atoms with Crippen LogP contribution in [0.1, 0.15) is 11.5 Å². The second-order valence-corrected chi connectivity index (χ2v) is 4.29. The molecule has 102 valence electrons. The lowest BCUT2D eigenvalue weighted by atomic mass is 10.3. The number of benzene rings is 1. The van der Waals surface area contributed by atoms with Crippen LogP contribution in [0.3, 0.4) is 0 Å². The molecule has 0 amide bonds.